The molecule has 0 radical (unpaired) electrons. The van der Waals surface area contributed by atoms with Gasteiger partial charge in [0.25, 0.3) is 0 Å². The summed E-state index contributed by atoms with van der Waals surface area (Å²) in [5.41, 5.74) is 1.34. The second-order valence-corrected chi connectivity index (χ2v) is 6.95. The van der Waals surface area contributed by atoms with Gasteiger partial charge in [-0.15, -0.1) is 0 Å². The smallest absolute Gasteiger partial charge is 0.0295 e. The van der Waals surface area contributed by atoms with Crippen LogP contribution in [0.5, 0.6) is 0 Å². The van der Waals surface area contributed by atoms with Crippen molar-refractivity contribution in [3.05, 3.63) is 34.3 Å². The van der Waals surface area contributed by atoms with Gasteiger partial charge >= 0.3 is 0 Å². The maximum Gasteiger partial charge on any atom is 0.0295 e. The van der Waals surface area contributed by atoms with Gasteiger partial charge in [0, 0.05) is 23.1 Å². The Balaban J connectivity index is 2.66. The molecule has 0 fully saturated rings. The average molecular weight is 327 g/mol. The van der Waals surface area contributed by atoms with E-state index in [1.54, 1.807) is 0 Å². The van der Waals surface area contributed by atoms with E-state index in [1.165, 1.54) is 12.0 Å². The average Bonchev–Trinajstić information content (AvgIpc) is 2.26. The number of halogens is 1. The molecule has 2 unspecified atom stereocenters. The van der Waals surface area contributed by atoms with Crippen molar-refractivity contribution in [2.24, 2.45) is 5.92 Å². The summed E-state index contributed by atoms with van der Waals surface area (Å²) in [6.45, 7) is 7.89. The highest BCUT2D eigenvalue weighted by Crippen LogP contribution is 2.19. The van der Waals surface area contributed by atoms with Crippen molar-refractivity contribution in [1.82, 2.24) is 10.2 Å². The fourth-order valence-electron chi connectivity index (χ4n) is 2.43. The fraction of sp³-hybridized carbons (Fsp3) is 0.625. The Labute approximate surface area is 126 Å². The predicted octanol–water partition coefficient (Wildman–Crippen LogP) is 4.08. The second kappa shape index (κ2) is 8.03. The summed E-state index contributed by atoms with van der Waals surface area (Å²) in [4.78, 5) is 2.26. The van der Waals surface area contributed by atoms with Gasteiger partial charge in [-0.25, -0.2) is 0 Å². The van der Waals surface area contributed by atoms with Crippen LogP contribution in [0.2, 0.25) is 0 Å². The van der Waals surface area contributed by atoms with Crippen LogP contribution in [0.4, 0.5) is 0 Å². The number of nitrogens with one attached hydrogen (secondary N) is 1. The SMILES string of the molecule is CC(C)CC(CN(C)C)NC(C)c1cccc(Br)c1. The summed E-state index contributed by atoms with van der Waals surface area (Å²) in [7, 11) is 4.28. The molecule has 0 aromatic heterocycles. The van der Waals surface area contributed by atoms with E-state index in [9.17, 15) is 0 Å². The molecule has 0 aliphatic rings. The van der Waals surface area contributed by atoms with Crippen LogP contribution in [-0.4, -0.2) is 31.6 Å². The minimum atomic E-state index is 0.376. The number of hydrogen-bond acceptors (Lipinski definition) is 2. The Morgan fingerprint density at radius 1 is 1.21 bits per heavy atom. The van der Waals surface area contributed by atoms with Crippen molar-refractivity contribution in [3.63, 3.8) is 0 Å². The molecule has 1 N–H and O–H groups in total. The number of nitrogens with zero attached hydrogens (tertiary/aromatic N) is 1. The third-order valence-corrected chi connectivity index (χ3v) is 3.67. The standard InChI is InChI=1S/C16H27BrN2/c1-12(2)9-16(11-19(4)5)18-13(3)14-7-6-8-15(17)10-14/h6-8,10,12-13,16,18H,9,11H2,1-5H3. The van der Waals surface area contributed by atoms with Gasteiger partial charge in [0.2, 0.25) is 0 Å². The molecule has 0 bridgehead atoms. The van der Waals surface area contributed by atoms with Crippen LogP contribution in [0.15, 0.2) is 28.7 Å². The number of rotatable bonds is 7. The van der Waals surface area contributed by atoms with E-state index in [0.29, 0.717) is 18.0 Å². The quantitative estimate of drug-likeness (QED) is 0.812. The third kappa shape index (κ3) is 6.55. The zero-order chi connectivity index (χ0) is 14.4. The molecule has 0 saturated heterocycles. The van der Waals surface area contributed by atoms with E-state index in [2.05, 4.69) is 85.3 Å². The van der Waals surface area contributed by atoms with Crippen molar-refractivity contribution in [2.75, 3.05) is 20.6 Å². The summed E-state index contributed by atoms with van der Waals surface area (Å²) in [5.74, 6) is 0.715. The summed E-state index contributed by atoms with van der Waals surface area (Å²) in [5, 5.41) is 3.76. The Morgan fingerprint density at radius 2 is 1.89 bits per heavy atom. The minimum absolute atomic E-state index is 0.376. The zero-order valence-corrected chi connectivity index (χ0v) is 14.4. The maximum absolute atomic E-state index is 3.76. The molecule has 0 aliphatic carbocycles. The van der Waals surface area contributed by atoms with Crippen molar-refractivity contribution in [3.8, 4) is 0 Å². The Hall–Kier alpha value is -0.380. The van der Waals surface area contributed by atoms with Gasteiger partial charge in [0.1, 0.15) is 0 Å². The molecule has 108 valence electrons. The molecule has 1 rings (SSSR count). The van der Waals surface area contributed by atoms with Gasteiger partial charge in [-0.1, -0.05) is 41.9 Å². The summed E-state index contributed by atoms with van der Waals surface area (Å²) in [6.07, 6.45) is 1.20. The fourth-order valence-corrected chi connectivity index (χ4v) is 2.85. The highest BCUT2D eigenvalue weighted by molar-refractivity contribution is 9.10. The van der Waals surface area contributed by atoms with Crippen LogP contribution in [0.3, 0.4) is 0 Å². The van der Waals surface area contributed by atoms with Gasteiger partial charge < -0.3 is 10.2 Å². The van der Waals surface area contributed by atoms with Crippen LogP contribution in [-0.2, 0) is 0 Å². The van der Waals surface area contributed by atoms with E-state index < -0.39 is 0 Å². The lowest BCUT2D eigenvalue weighted by atomic mass is 10.0. The summed E-state index contributed by atoms with van der Waals surface area (Å²) < 4.78 is 1.15. The lowest BCUT2D eigenvalue weighted by Crippen LogP contribution is -2.40. The maximum atomic E-state index is 3.76. The van der Waals surface area contributed by atoms with Gasteiger partial charge in [0.15, 0.2) is 0 Å². The molecule has 19 heavy (non-hydrogen) atoms. The second-order valence-electron chi connectivity index (χ2n) is 6.03. The van der Waals surface area contributed by atoms with Crippen molar-refractivity contribution >= 4 is 15.9 Å². The van der Waals surface area contributed by atoms with E-state index in [-0.39, 0.29) is 0 Å². The number of likely N-dealkylation sites (N-methyl/N-ethyl adjacent to an activating group) is 1. The molecular formula is C16H27BrN2. The minimum Gasteiger partial charge on any atom is -0.308 e. The van der Waals surface area contributed by atoms with Crippen LogP contribution in [0.25, 0.3) is 0 Å². The van der Waals surface area contributed by atoms with Gasteiger partial charge in [-0.05, 0) is 51.1 Å². The van der Waals surface area contributed by atoms with Crippen LogP contribution in [0.1, 0.15) is 38.8 Å². The van der Waals surface area contributed by atoms with E-state index in [0.717, 1.165) is 11.0 Å². The molecule has 1 aromatic rings. The molecule has 1 aromatic carbocycles. The lowest BCUT2D eigenvalue weighted by Gasteiger charge is -2.27. The first-order valence-electron chi connectivity index (χ1n) is 7.04. The Kier molecular flexibility index (Phi) is 7.05. The van der Waals surface area contributed by atoms with Crippen molar-refractivity contribution < 1.29 is 0 Å². The molecule has 0 aliphatic heterocycles. The predicted molar refractivity (Wildman–Crippen MR) is 87.5 cm³/mol. The highest BCUT2D eigenvalue weighted by atomic mass is 79.9. The molecule has 0 saturated carbocycles. The monoisotopic (exact) mass is 326 g/mol. The molecule has 0 amide bonds. The Bertz CT molecular complexity index is 367. The van der Waals surface area contributed by atoms with Crippen molar-refractivity contribution in [1.29, 1.82) is 0 Å². The zero-order valence-electron chi connectivity index (χ0n) is 12.8. The van der Waals surface area contributed by atoms with Crippen molar-refractivity contribution in [2.45, 2.75) is 39.3 Å². The van der Waals surface area contributed by atoms with E-state index in [4.69, 9.17) is 0 Å². The van der Waals surface area contributed by atoms with E-state index >= 15 is 0 Å². The first-order valence-corrected chi connectivity index (χ1v) is 7.84. The topological polar surface area (TPSA) is 15.3 Å². The summed E-state index contributed by atoms with van der Waals surface area (Å²) >= 11 is 3.54. The van der Waals surface area contributed by atoms with Gasteiger partial charge in [-0.3, -0.25) is 0 Å². The van der Waals surface area contributed by atoms with Gasteiger partial charge in [0.05, 0.1) is 0 Å². The number of benzene rings is 1. The Morgan fingerprint density at radius 3 is 2.42 bits per heavy atom. The van der Waals surface area contributed by atoms with Crippen LogP contribution in [0, 0.1) is 5.92 Å². The highest BCUT2D eigenvalue weighted by Gasteiger charge is 2.15. The largest absolute Gasteiger partial charge is 0.308 e. The van der Waals surface area contributed by atoms with Gasteiger partial charge in [-0.2, -0.15) is 0 Å². The number of hydrogen-bond donors (Lipinski definition) is 1. The van der Waals surface area contributed by atoms with Crippen LogP contribution >= 0.6 is 15.9 Å². The molecule has 2 nitrogen and oxygen atoms in total. The third-order valence-electron chi connectivity index (χ3n) is 3.18. The first kappa shape index (κ1) is 16.7. The van der Waals surface area contributed by atoms with Crippen LogP contribution < -0.4 is 5.32 Å². The molecule has 2 atom stereocenters. The summed E-state index contributed by atoms with van der Waals surface area (Å²) in [6, 6.07) is 9.46. The lowest BCUT2D eigenvalue weighted by molar-refractivity contribution is 0.291. The normalized spacial score (nSPS) is 14.9. The van der Waals surface area contributed by atoms with E-state index in [1.807, 2.05) is 0 Å². The molecule has 3 heteroatoms. The molecule has 0 spiro atoms. The molecule has 0 heterocycles. The molecular weight excluding hydrogens is 300 g/mol. The first-order chi connectivity index (χ1) is 8.88.